The van der Waals surface area contributed by atoms with Gasteiger partial charge in [0, 0.05) is 31.6 Å². The lowest BCUT2D eigenvalue weighted by Gasteiger charge is -2.28. The molecule has 0 radical (unpaired) electrons. The molecule has 162 valence electrons. The summed E-state index contributed by atoms with van der Waals surface area (Å²) in [5, 5.41) is 14.5. The number of carbonyl (C=O) groups is 1. The smallest absolute Gasteiger partial charge is 0.257 e. The third kappa shape index (κ3) is 3.38. The van der Waals surface area contributed by atoms with Crippen molar-refractivity contribution in [1.29, 1.82) is 0 Å². The predicted octanol–water partition coefficient (Wildman–Crippen LogP) is 2.30. The maximum atomic E-state index is 13.1. The van der Waals surface area contributed by atoms with Gasteiger partial charge in [-0.15, -0.1) is 0 Å². The normalized spacial score (nSPS) is 28.1. The highest BCUT2D eigenvalue weighted by Gasteiger charge is 2.59. The number of hydrogen-bond donors (Lipinski definition) is 2. The summed E-state index contributed by atoms with van der Waals surface area (Å²) in [5.41, 5.74) is 0.579. The molecule has 0 spiro atoms. The molecule has 2 heterocycles. The van der Waals surface area contributed by atoms with Crippen molar-refractivity contribution in [2.45, 2.75) is 30.9 Å². The molecule has 2 aromatic carbocycles. The van der Waals surface area contributed by atoms with Crippen LogP contribution < -0.4 is 14.8 Å². The molecule has 6 nitrogen and oxygen atoms in total. The molecule has 2 N–H and O–H groups in total. The van der Waals surface area contributed by atoms with Crippen LogP contribution in [0.1, 0.15) is 24.0 Å². The zero-order valence-corrected chi connectivity index (χ0v) is 17.5. The van der Waals surface area contributed by atoms with E-state index in [2.05, 4.69) is 22.3 Å². The second-order valence-electron chi connectivity index (χ2n) is 9.43. The molecule has 2 aliphatic heterocycles. The molecule has 0 bridgehead atoms. The SMILES string of the molecule is O=C(NC1[C@H]2CN(CCc3ccc4c(c3)OCO4)C[C@@H]12)C(O)(c1ccccc1)C1CC1. The summed E-state index contributed by atoms with van der Waals surface area (Å²) in [6, 6.07) is 15.8. The van der Waals surface area contributed by atoms with Crippen molar-refractivity contribution in [3.8, 4) is 11.5 Å². The maximum Gasteiger partial charge on any atom is 0.257 e. The molecule has 2 unspecified atom stereocenters. The minimum Gasteiger partial charge on any atom is -0.454 e. The zero-order chi connectivity index (χ0) is 21.0. The Balaban J connectivity index is 1.03. The molecule has 1 saturated heterocycles. The van der Waals surface area contributed by atoms with Crippen LogP contribution in [-0.4, -0.2) is 48.4 Å². The first-order valence-corrected chi connectivity index (χ1v) is 11.3. The van der Waals surface area contributed by atoms with Crippen molar-refractivity contribution < 1.29 is 19.4 Å². The molecule has 1 amide bonds. The fourth-order valence-electron chi connectivity index (χ4n) is 5.40. The average Bonchev–Trinajstić information content (AvgIpc) is 3.64. The number of ether oxygens (including phenoxy) is 2. The number of carbonyl (C=O) groups excluding carboxylic acids is 1. The van der Waals surface area contributed by atoms with E-state index >= 15 is 0 Å². The number of rotatable bonds is 7. The molecule has 4 atom stereocenters. The number of fused-ring (bicyclic) bond motifs is 2. The molecule has 6 heteroatoms. The maximum absolute atomic E-state index is 13.1. The number of piperidine rings is 1. The van der Waals surface area contributed by atoms with Crippen LogP contribution in [0.5, 0.6) is 11.5 Å². The Bertz CT molecular complexity index is 980. The number of amides is 1. The predicted molar refractivity (Wildman–Crippen MR) is 115 cm³/mol. The van der Waals surface area contributed by atoms with Gasteiger partial charge in [0.1, 0.15) is 0 Å². The molecule has 2 aliphatic carbocycles. The van der Waals surface area contributed by atoms with Gasteiger partial charge in [-0.25, -0.2) is 0 Å². The monoisotopic (exact) mass is 420 g/mol. The lowest BCUT2D eigenvalue weighted by molar-refractivity contribution is -0.143. The van der Waals surface area contributed by atoms with Crippen molar-refractivity contribution in [1.82, 2.24) is 10.2 Å². The molecule has 2 aromatic rings. The van der Waals surface area contributed by atoms with Gasteiger partial charge in [0.15, 0.2) is 17.1 Å². The van der Waals surface area contributed by atoms with Crippen molar-refractivity contribution in [3.05, 3.63) is 59.7 Å². The van der Waals surface area contributed by atoms with Gasteiger partial charge in [0.2, 0.25) is 6.79 Å². The minimum atomic E-state index is -1.39. The fraction of sp³-hybridized carbons (Fsp3) is 0.480. The van der Waals surface area contributed by atoms with E-state index in [0.29, 0.717) is 24.2 Å². The number of benzene rings is 2. The van der Waals surface area contributed by atoms with Crippen LogP contribution in [0.25, 0.3) is 0 Å². The lowest BCUT2D eigenvalue weighted by Crippen LogP contribution is -2.48. The Kier molecular flexibility index (Phi) is 4.47. The van der Waals surface area contributed by atoms with Gasteiger partial charge in [-0.05, 0) is 54.4 Å². The van der Waals surface area contributed by atoms with E-state index in [9.17, 15) is 9.90 Å². The Labute approximate surface area is 182 Å². The summed E-state index contributed by atoms with van der Waals surface area (Å²) < 4.78 is 10.9. The molecular formula is C25H28N2O4. The molecule has 2 saturated carbocycles. The van der Waals surface area contributed by atoms with Gasteiger partial charge in [-0.3, -0.25) is 4.79 Å². The summed E-state index contributed by atoms with van der Waals surface area (Å²) in [5.74, 6) is 2.48. The highest BCUT2D eigenvalue weighted by Crippen LogP contribution is 2.49. The highest BCUT2D eigenvalue weighted by molar-refractivity contribution is 5.87. The van der Waals surface area contributed by atoms with Gasteiger partial charge in [-0.2, -0.15) is 0 Å². The van der Waals surface area contributed by atoms with Crippen LogP contribution in [-0.2, 0) is 16.8 Å². The van der Waals surface area contributed by atoms with Crippen molar-refractivity contribution in [2.75, 3.05) is 26.4 Å². The average molecular weight is 421 g/mol. The van der Waals surface area contributed by atoms with E-state index in [4.69, 9.17) is 9.47 Å². The van der Waals surface area contributed by atoms with Crippen molar-refractivity contribution in [2.24, 2.45) is 17.8 Å². The summed E-state index contributed by atoms with van der Waals surface area (Å²) in [4.78, 5) is 15.6. The Hall–Kier alpha value is -2.57. The highest BCUT2D eigenvalue weighted by atomic mass is 16.7. The third-order valence-corrected chi connectivity index (χ3v) is 7.45. The Morgan fingerprint density at radius 3 is 2.55 bits per heavy atom. The summed E-state index contributed by atoms with van der Waals surface area (Å²) in [6.45, 7) is 3.32. The Morgan fingerprint density at radius 1 is 1.06 bits per heavy atom. The molecular weight excluding hydrogens is 392 g/mol. The number of aliphatic hydroxyl groups is 1. The van der Waals surface area contributed by atoms with Crippen LogP contribution in [0.4, 0.5) is 0 Å². The number of nitrogens with one attached hydrogen (secondary N) is 1. The quantitative estimate of drug-likeness (QED) is 0.719. The van der Waals surface area contributed by atoms with Gasteiger partial charge < -0.3 is 24.8 Å². The van der Waals surface area contributed by atoms with E-state index in [1.807, 2.05) is 36.4 Å². The van der Waals surface area contributed by atoms with Crippen LogP contribution in [0.3, 0.4) is 0 Å². The minimum absolute atomic E-state index is 0.0340. The third-order valence-electron chi connectivity index (χ3n) is 7.45. The largest absolute Gasteiger partial charge is 0.454 e. The van der Waals surface area contributed by atoms with Crippen LogP contribution in [0.2, 0.25) is 0 Å². The van der Waals surface area contributed by atoms with Gasteiger partial charge >= 0.3 is 0 Å². The first-order chi connectivity index (χ1) is 15.1. The van der Waals surface area contributed by atoms with Gasteiger partial charge in [0.05, 0.1) is 0 Å². The van der Waals surface area contributed by atoms with E-state index in [0.717, 1.165) is 50.4 Å². The van der Waals surface area contributed by atoms with E-state index in [1.54, 1.807) is 0 Å². The number of nitrogens with zero attached hydrogens (tertiary/aromatic N) is 1. The summed E-state index contributed by atoms with van der Waals surface area (Å²) in [7, 11) is 0. The van der Waals surface area contributed by atoms with E-state index in [-0.39, 0.29) is 17.9 Å². The molecule has 6 rings (SSSR count). The Morgan fingerprint density at radius 2 is 1.81 bits per heavy atom. The zero-order valence-electron chi connectivity index (χ0n) is 17.5. The molecule has 3 fully saturated rings. The van der Waals surface area contributed by atoms with Crippen LogP contribution >= 0.6 is 0 Å². The molecule has 0 aromatic heterocycles. The van der Waals surface area contributed by atoms with Gasteiger partial charge in [0.25, 0.3) is 5.91 Å². The molecule has 31 heavy (non-hydrogen) atoms. The van der Waals surface area contributed by atoms with Gasteiger partial charge in [-0.1, -0.05) is 36.4 Å². The second-order valence-corrected chi connectivity index (χ2v) is 9.43. The van der Waals surface area contributed by atoms with Crippen LogP contribution in [0.15, 0.2) is 48.5 Å². The first kappa shape index (κ1) is 19.1. The lowest BCUT2D eigenvalue weighted by atomic mass is 9.87. The summed E-state index contributed by atoms with van der Waals surface area (Å²) >= 11 is 0. The van der Waals surface area contributed by atoms with E-state index in [1.165, 1.54) is 5.56 Å². The fourth-order valence-corrected chi connectivity index (χ4v) is 5.40. The first-order valence-electron chi connectivity index (χ1n) is 11.3. The molecule has 4 aliphatic rings. The number of likely N-dealkylation sites (tertiary alicyclic amines) is 1. The standard InChI is InChI=1S/C25H28N2O4/c28-24(25(29,18-7-8-18)17-4-2-1-3-5-17)26-23-19-13-27(14-20(19)23)11-10-16-6-9-21-22(12-16)31-15-30-21/h1-6,9,12,18-20,23,29H,7-8,10-11,13-15H2,(H,26,28)/t19-,20+,23?,25?. The summed E-state index contributed by atoms with van der Waals surface area (Å²) in [6.07, 6.45) is 2.79. The van der Waals surface area contributed by atoms with Crippen LogP contribution in [0, 0.1) is 17.8 Å². The number of hydrogen-bond acceptors (Lipinski definition) is 5. The van der Waals surface area contributed by atoms with Crippen molar-refractivity contribution in [3.63, 3.8) is 0 Å². The topological polar surface area (TPSA) is 71.0 Å². The second kappa shape index (κ2) is 7.24. The van der Waals surface area contributed by atoms with E-state index < -0.39 is 5.60 Å². The van der Waals surface area contributed by atoms with Crippen molar-refractivity contribution >= 4 is 5.91 Å².